The Balaban J connectivity index is 2.26. The number of rotatable bonds is 4. The van der Waals surface area contributed by atoms with Crippen molar-refractivity contribution in [3.05, 3.63) is 46.6 Å². The second-order valence-electron chi connectivity index (χ2n) is 3.80. The number of thiophene rings is 1. The van der Waals surface area contributed by atoms with E-state index in [-0.39, 0.29) is 11.5 Å². The second kappa shape index (κ2) is 5.62. The summed E-state index contributed by atoms with van der Waals surface area (Å²) < 4.78 is 0. The first-order chi connectivity index (χ1) is 9.11. The van der Waals surface area contributed by atoms with Gasteiger partial charge in [0.2, 0.25) is 0 Å². The van der Waals surface area contributed by atoms with Crippen LogP contribution in [0.4, 0.5) is 5.00 Å². The molecule has 0 aliphatic heterocycles. The molecule has 0 spiro atoms. The first-order valence-electron chi connectivity index (χ1n) is 5.69. The number of nitrogens with one attached hydrogen (secondary N) is 1. The van der Waals surface area contributed by atoms with Gasteiger partial charge >= 0.3 is 5.97 Å². The Morgan fingerprint density at radius 3 is 2.63 bits per heavy atom. The molecule has 0 atom stereocenters. The van der Waals surface area contributed by atoms with E-state index in [0.717, 1.165) is 11.3 Å². The van der Waals surface area contributed by atoms with Crippen molar-refractivity contribution in [3.63, 3.8) is 0 Å². The van der Waals surface area contributed by atoms with E-state index >= 15 is 0 Å². The molecule has 0 saturated heterocycles. The number of carbonyl (C=O) groups excluding carboxylic acids is 1. The van der Waals surface area contributed by atoms with Crippen molar-refractivity contribution in [1.82, 2.24) is 4.98 Å². The van der Waals surface area contributed by atoms with Gasteiger partial charge in [0.25, 0.3) is 5.91 Å². The average molecular weight is 276 g/mol. The van der Waals surface area contributed by atoms with E-state index < -0.39 is 5.97 Å². The third-order valence-corrected chi connectivity index (χ3v) is 3.73. The van der Waals surface area contributed by atoms with Crippen molar-refractivity contribution in [2.45, 2.75) is 13.3 Å². The van der Waals surface area contributed by atoms with Gasteiger partial charge in [0.05, 0.1) is 5.56 Å². The molecule has 0 bridgehead atoms. The summed E-state index contributed by atoms with van der Waals surface area (Å²) in [5.74, 6) is -1.38. The quantitative estimate of drug-likeness (QED) is 0.899. The van der Waals surface area contributed by atoms with Gasteiger partial charge in [-0.15, -0.1) is 11.3 Å². The summed E-state index contributed by atoms with van der Waals surface area (Å²) in [7, 11) is 0. The van der Waals surface area contributed by atoms with Crippen molar-refractivity contribution in [1.29, 1.82) is 0 Å². The largest absolute Gasteiger partial charge is 0.478 e. The zero-order valence-corrected chi connectivity index (χ0v) is 11.0. The molecule has 0 fully saturated rings. The first-order valence-corrected chi connectivity index (χ1v) is 6.51. The van der Waals surface area contributed by atoms with Gasteiger partial charge in [0.15, 0.2) is 0 Å². The predicted octanol–water partition coefficient (Wildman–Crippen LogP) is 2.66. The van der Waals surface area contributed by atoms with E-state index in [2.05, 4.69) is 10.3 Å². The first kappa shape index (κ1) is 13.2. The van der Waals surface area contributed by atoms with Crippen LogP contribution >= 0.6 is 11.3 Å². The number of carboxylic acids is 1. The molecule has 0 aromatic carbocycles. The van der Waals surface area contributed by atoms with Crippen LogP contribution in [0.15, 0.2) is 30.6 Å². The van der Waals surface area contributed by atoms with Crippen molar-refractivity contribution in [2.75, 3.05) is 5.32 Å². The number of carbonyl (C=O) groups is 2. The zero-order valence-electron chi connectivity index (χ0n) is 10.2. The Morgan fingerprint density at radius 2 is 2.05 bits per heavy atom. The molecule has 2 aromatic heterocycles. The molecule has 0 saturated carbocycles. The van der Waals surface area contributed by atoms with Crippen LogP contribution in [-0.4, -0.2) is 22.0 Å². The van der Waals surface area contributed by atoms with Gasteiger partial charge in [-0.1, -0.05) is 6.92 Å². The lowest BCUT2D eigenvalue weighted by Gasteiger charge is -2.03. The Labute approximate surface area is 113 Å². The van der Waals surface area contributed by atoms with Gasteiger partial charge in [-0.2, -0.15) is 0 Å². The molecule has 5 nitrogen and oxygen atoms in total. The third kappa shape index (κ3) is 2.97. The molecule has 0 aliphatic carbocycles. The van der Waals surface area contributed by atoms with E-state index in [1.165, 1.54) is 23.7 Å². The average Bonchev–Trinajstić information content (AvgIpc) is 2.83. The number of nitrogens with zero attached hydrogens (tertiary/aromatic N) is 1. The number of aromatic carboxylic acids is 1. The molecule has 6 heteroatoms. The fraction of sp³-hybridized carbons (Fsp3) is 0.154. The zero-order chi connectivity index (χ0) is 13.8. The van der Waals surface area contributed by atoms with Gasteiger partial charge in [-0.3, -0.25) is 9.78 Å². The summed E-state index contributed by atoms with van der Waals surface area (Å²) in [6.45, 7) is 1.94. The monoisotopic (exact) mass is 276 g/mol. The summed E-state index contributed by atoms with van der Waals surface area (Å²) in [6, 6.07) is 4.74. The number of pyridine rings is 1. The Kier molecular flexibility index (Phi) is 3.91. The van der Waals surface area contributed by atoms with Gasteiger partial charge in [-0.05, 0) is 24.6 Å². The maximum absolute atomic E-state index is 12.0. The van der Waals surface area contributed by atoms with Crippen LogP contribution in [0.25, 0.3) is 0 Å². The fourth-order valence-corrected chi connectivity index (χ4v) is 2.53. The van der Waals surface area contributed by atoms with E-state index in [0.29, 0.717) is 10.6 Å². The number of aromatic nitrogens is 1. The number of aryl methyl sites for hydroxylation is 1. The minimum atomic E-state index is -1.04. The summed E-state index contributed by atoms with van der Waals surface area (Å²) in [4.78, 5) is 27.8. The lowest BCUT2D eigenvalue weighted by Crippen LogP contribution is -2.13. The Hall–Kier alpha value is -2.21. The van der Waals surface area contributed by atoms with Crippen LogP contribution in [0.5, 0.6) is 0 Å². The maximum Gasteiger partial charge on any atom is 0.338 e. The van der Waals surface area contributed by atoms with E-state index in [9.17, 15) is 9.59 Å². The highest BCUT2D eigenvalue weighted by molar-refractivity contribution is 7.16. The van der Waals surface area contributed by atoms with Crippen molar-refractivity contribution < 1.29 is 14.7 Å². The number of hydrogen-bond acceptors (Lipinski definition) is 4. The molecule has 2 N–H and O–H groups in total. The van der Waals surface area contributed by atoms with Crippen molar-refractivity contribution in [3.8, 4) is 0 Å². The molecule has 2 aromatic rings. The molecule has 2 heterocycles. The van der Waals surface area contributed by atoms with Gasteiger partial charge in [0, 0.05) is 22.8 Å². The number of hydrogen-bond donors (Lipinski definition) is 2. The summed E-state index contributed by atoms with van der Waals surface area (Å²) in [5.41, 5.74) is 0.571. The molecule has 2 rings (SSSR count). The molecule has 19 heavy (non-hydrogen) atoms. The lowest BCUT2D eigenvalue weighted by molar-refractivity contribution is 0.0698. The predicted molar refractivity (Wildman–Crippen MR) is 72.8 cm³/mol. The van der Waals surface area contributed by atoms with Crippen LogP contribution in [0.2, 0.25) is 0 Å². The molecular formula is C13H12N2O3S. The third-order valence-electron chi connectivity index (χ3n) is 2.53. The number of anilines is 1. The van der Waals surface area contributed by atoms with Crippen LogP contribution in [-0.2, 0) is 6.42 Å². The van der Waals surface area contributed by atoms with E-state index in [1.807, 2.05) is 6.92 Å². The fourth-order valence-electron chi connectivity index (χ4n) is 1.55. The Morgan fingerprint density at radius 1 is 1.37 bits per heavy atom. The van der Waals surface area contributed by atoms with E-state index in [4.69, 9.17) is 5.11 Å². The summed E-state index contributed by atoms with van der Waals surface area (Å²) in [5, 5.41) is 12.1. The SMILES string of the molecule is CCc1cc(C(=O)O)c(NC(=O)c2ccncc2)s1. The van der Waals surface area contributed by atoms with Crippen LogP contribution < -0.4 is 5.32 Å². The normalized spacial score (nSPS) is 10.2. The van der Waals surface area contributed by atoms with Gasteiger partial charge in [0.1, 0.15) is 5.00 Å². The lowest BCUT2D eigenvalue weighted by atomic mass is 10.2. The highest BCUT2D eigenvalue weighted by Crippen LogP contribution is 2.29. The molecular weight excluding hydrogens is 264 g/mol. The second-order valence-corrected chi connectivity index (χ2v) is 4.94. The number of carboxylic acid groups (broad SMARTS) is 1. The Bertz CT molecular complexity index is 608. The molecule has 0 radical (unpaired) electrons. The van der Waals surface area contributed by atoms with Crippen LogP contribution in [0, 0.1) is 0 Å². The standard InChI is InChI=1S/C13H12N2O3S/c1-2-9-7-10(13(17)18)12(19-9)15-11(16)8-3-5-14-6-4-8/h3-7H,2H2,1H3,(H,15,16)(H,17,18). The molecule has 0 aliphatic rings. The molecule has 0 unspecified atom stereocenters. The summed E-state index contributed by atoms with van der Waals surface area (Å²) >= 11 is 1.28. The number of amides is 1. The van der Waals surface area contributed by atoms with Crippen molar-refractivity contribution in [2.24, 2.45) is 0 Å². The minimum absolute atomic E-state index is 0.129. The highest BCUT2D eigenvalue weighted by atomic mass is 32.1. The van der Waals surface area contributed by atoms with Gasteiger partial charge < -0.3 is 10.4 Å². The minimum Gasteiger partial charge on any atom is -0.478 e. The van der Waals surface area contributed by atoms with Crippen LogP contribution in [0.1, 0.15) is 32.5 Å². The molecule has 1 amide bonds. The summed E-state index contributed by atoms with van der Waals surface area (Å²) in [6.07, 6.45) is 3.76. The van der Waals surface area contributed by atoms with E-state index in [1.54, 1.807) is 18.2 Å². The highest BCUT2D eigenvalue weighted by Gasteiger charge is 2.17. The van der Waals surface area contributed by atoms with Gasteiger partial charge in [-0.25, -0.2) is 4.79 Å². The molecule has 98 valence electrons. The smallest absolute Gasteiger partial charge is 0.338 e. The topological polar surface area (TPSA) is 79.3 Å². The van der Waals surface area contributed by atoms with Crippen molar-refractivity contribution >= 4 is 28.2 Å². The van der Waals surface area contributed by atoms with Crippen LogP contribution in [0.3, 0.4) is 0 Å². The maximum atomic E-state index is 12.0.